The number of rotatable bonds is 5. The molecular formula is C20H22O. The van der Waals surface area contributed by atoms with Crippen LogP contribution in [0.15, 0.2) is 42.5 Å². The van der Waals surface area contributed by atoms with Crippen molar-refractivity contribution in [1.29, 1.82) is 0 Å². The van der Waals surface area contributed by atoms with E-state index in [1.165, 1.54) is 27.8 Å². The first-order chi connectivity index (χ1) is 10.2. The van der Waals surface area contributed by atoms with Crippen LogP contribution in [-0.2, 0) is 11.2 Å². The average molecular weight is 278 g/mol. The summed E-state index contributed by atoms with van der Waals surface area (Å²) in [5, 5.41) is 0. The van der Waals surface area contributed by atoms with Gasteiger partial charge in [-0.15, -0.1) is 0 Å². The molecule has 0 spiro atoms. The molecule has 0 fully saturated rings. The number of unbranched alkanes of at least 4 members (excludes halogenated alkanes) is 1. The van der Waals surface area contributed by atoms with Gasteiger partial charge in [-0.25, -0.2) is 0 Å². The third-order valence-corrected chi connectivity index (χ3v) is 4.60. The fraction of sp³-hybridized carbons (Fsp3) is 0.350. The Labute approximate surface area is 127 Å². The number of carbonyl (C=O) groups excluding carboxylic acids is 1. The maximum absolute atomic E-state index is 12.1. The molecule has 1 aliphatic rings. The van der Waals surface area contributed by atoms with Gasteiger partial charge in [-0.2, -0.15) is 0 Å². The van der Waals surface area contributed by atoms with Gasteiger partial charge in [0.1, 0.15) is 5.78 Å². The van der Waals surface area contributed by atoms with Gasteiger partial charge in [0.15, 0.2) is 0 Å². The first kappa shape index (κ1) is 14.1. The minimum Gasteiger partial charge on any atom is -0.299 e. The van der Waals surface area contributed by atoms with E-state index in [-0.39, 0.29) is 5.92 Å². The summed E-state index contributed by atoms with van der Waals surface area (Å²) in [7, 11) is 0. The van der Waals surface area contributed by atoms with Crippen LogP contribution in [0.5, 0.6) is 0 Å². The molecule has 2 aromatic rings. The second-order valence-corrected chi connectivity index (χ2v) is 6.01. The molecule has 0 saturated carbocycles. The summed E-state index contributed by atoms with van der Waals surface area (Å²) in [5.41, 5.74) is 6.68. The second-order valence-electron chi connectivity index (χ2n) is 6.01. The van der Waals surface area contributed by atoms with Gasteiger partial charge in [-0.1, -0.05) is 62.2 Å². The molecule has 0 aromatic heterocycles. The number of fused-ring (bicyclic) bond motifs is 3. The van der Waals surface area contributed by atoms with Gasteiger partial charge >= 0.3 is 0 Å². The first-order valence-electron chi connectivity index (χ1n) is 7.93. The zero-order valence-corrected chi connectivity index (χ0v) is 12.9. The van der Waals surface area contributed by atoms with Crippen LogP contribution in [0.3, 0.4) is 0 Å². The maximum Gasteiger partial charge on any atom is 0.137 e. The van der Waals surface area contributed by atoms with Crippen molar-refractivity contribution in [1.82, 2.24) is 0 Å². The Balaban J connectivity index is 2.04. The van der Waals surface area contributed by atoms with Crippen molar-refractivity contribution >= 4 is 5.78 Å². The summed E-state index contributed by atoms with van der Waals surface area (Å²) in [5.74, 6) is 0.363. The van der Waals surface area contributed by atoms with Crippen molar-refractivity contribution in [2.45, 2.75) is 45.4 Å². The van der Waals surface area contributed by atoms with E-state index >= 15 is 0 Å². The lowest BCUT2D eigenvalue weighted by molar-refractivity contribution is -0.118. The van der Waals surface area contributed by atoms with Crippen molar-refractivity contribution in [2.24, 2.45) is 0 Å². The number of hydrogen-bond donors (Lipinski definition) is 0. The van der Waals surface area contributed by atoms with Gasteiger partial charge < -0.3 is 0 Å². The van der Waals surface area contributed by atoms with Gasteiger partial charge in [0, 0.05) is 5.92 Å². The fourth-order valence-corrected chi connectivity index (χ4v) is 3.49. The molecule has 0 aliphatic heterocycles. The summed E-state index contributed by atoms with van der Waals surface area (Å²) in [6.07, 6.45) is 4.19. The highest BCUT2D eigenvalue weighted by molar-refractivity contribution is 5.86. The molecule has 2 aromatic carbocycles. The van der Waals surface area contributed by atoms with Crippen LogP contribution < -0.4 is 0 Å². The molecule has 1 nitrogen and oxygen atoms in total. The molecule has 0 heterocycles. The summed E-state index contributed by atoms with van der Waals surface area (Å²) in [6, 6.07) is 15.1. The van der Waals surface area contributed by atoms with Gasteiger partial charge in [0.2, 0.25) is 0 Å². The third-order valence-electron chi connectivity index (χ3n) is 4.60. The Hall–Kier alpha value is -1.89. The zero-order chi connectivity index (χ0) is 14.8. The Morgan fingerprint density at radius 1 is 1.10 bits per heavy atom. The van der Waals surface area contributed by atoms with Crippen LogP contribution in [-0.4, -0.2) is 5.78 Å². The number of hydrogen-bond acceptors (Lipinski definition) is 1. The molecule has 1 heteroatoms. The molecule has 0 bridgehead atoms. The van der Waals surface area contributed by atoms with Crippen LogP contribution >= 0.6 is 0 Å². The average Bonchev–Trinajstić information content (AvgIpc) is 2.87. The minimum absolute atomic E-state index is 0.0641. The quantitative estimate of drug-likeness (QED) is 0.633. The number of Topliss-reactive ketones (excluding diaryl/α,β-unsaturated/α-hetero) is 1. The van der Waals surface area contributed by atoms with Crippen LogP contribution in [0, 0.1) is 0 Å². The summed E-state index contributed by atoms with van der Waals surface area (Å²) in [6.45, 7) is 3.92. The molecule has 0 saturated heterocycles. The Kier molecular flexibility index (Phi) is 3.92. The largest absolute Gasteiger partial charge is 0.299 e. The van der Waals surface area contributed by atoms with Crippen LogP contribution in [0.25, 0.3) is 11.1 Å². The second kappa shape index (κ2) is 5.85. The zero-order valence-electron chi connectivity index (χ0n) is 12.9. The molecule has 0 N–H and O–H groups in total. The van der Waals surface area contributed by atoms with Crippen molar-refractivity contribution in [2.75, 3.05) is 0 Å². The highest BCUT2D eigenvalue weighted by Crippen LogP contribution is 2.41. The number of ketones is 1. The van der Waals surface area contributed by atoms with E-state index in [1.807, 2.05) is 0 Å². The molecular weight excluding hydrogens is 256 g/mol. The third kappa shape index (κ3) is 2.53. The van der Waals surface area contributed by atoms with E-state index in [4.69, 9.17) is 0 Å². The lowest BCUT2D eigenvalue weighted by Crippen LogP contribution is -2.11. The topological polar surface area (TPSA) is 17.1 Å². The van der Waals surface area contributed by atoms with Gasteiger partial charge in [-0.05, 0) is 47.6 Å². The summed E-state index contributed by atoms with van der Waals surface area (Å²) < 4.78 is 0. The Morgan fingerprint density at radius 2 is 1.86 bits per heavy atom. The lowest BCUT2D eigenvalue weighted by atomic mass is 9.85. The smallest absolute Gasteiger partial charge is 0.137 e. The Bertz CT molecular complexity index is 669. The first-order valence-corrected chi connectivity index (χ1v) is 7.93. The molecule has 0 amide bonds. The number of benzene rings is 2. The van der Waals surface area contributed by atoms with Crippen molar-refractivity contribution in [3.63, 3.8) is 0 Å². The molecule has 3 rings (SSSR count). The normalized spacial score (nSPS) is 13.6. The summed E-state index contributed by atoms with van der Waals surface area (Å²) in [4.78, 5) is 12.1. The van der Waals surface area contributed by atoms with Crippen molar-refractivity contribution in [3.8, 4) is 11.1 Å². The van der Waals surface area contributed by atoms with Gasteiger partial charge in [0.25, 0.3) is 0 Å². The van der Waals surface area contributed by atoms with E-state index in [9.17, 15) is 4.79 Å². The molecule has 1 unspecified atom stereocenters. The van der Waals surface area contributed by atoms with Gasteiger partial charge in [0.05, 0.1) is 0 Å². The van der Waals surface area contributed by atoms with Gasteiger partial charge in [-0.3, -0.25) is 4.79 Å². The molecule has 1 atom stereocenters. The Morgan fingerprint density at radius 3 is 2.62 bits per heavy atom. The molecule has 1 aliphatic carbocycles. The van der Waals surface area contributed by atoms with E-state index in [1.54, 1.807) is 6.92 Å². The van der Waals surface area contributed by atoms with E-state index < -0.39 is 0 Å². The standard InChI is InChI=1S/C20H22O/c1-3-4-9-16(14(2)21)18-11-7-12-19-17-10-6-5-8-15(17)13-20(18)19/h5-8,10-12,16H,3-4,9,13H2,1-2H3. The fourth-order valence-electron chi connectivity index (χ4n) is 3.49. The predicted octanol–water partition coefficient (Wildman–Crippen LogP) is 5.12. The molecule has 0 radical (unpaired) electrons. The van der Waals surface area contributed by atoms with Crippen molar-refractivity contribution < 1.29 is 4.79 Å². The highest BCUT2D eigenvalue weighted by atomic mass is 16.1. The predicted molar refractivity (Wildman–Crippen MR) is 87.6 cm³/mol. The highest BCUT2D eigenvalue weighted by Gasteiger charge is 2.25. The van der Waals surface area contributed by atoms with Crippen molar-refractivity contribution in [3.05, 3.63) is 59.2 Å². The van der Waals surface area contributed by atoms with Crippen LogP contribution in [0.1, 0.15) is 55.7 Å². The number of carbonyl (C=O) groups is 1. The maximum atomic E-state index is 12.1. The SMILES string of the molecule is CCCCC(C(C)=O)c1cccc2c1Cc1ccccc1-2. The minimum atomic E-state index is 0.0641. The molecule has 21 heavy (non-hydrogen) atoms. The van der Waals surface area contributed by atoms with Crippen LogP contribution in [0.2, 0.25) is 0 Å². The lowest BCUT2D eigenvalue weighted by Gasteiger charge is -2.17. The van der Waals surface area contributed by atoms with Crippen LogP contribution in [0.4, 0.5) is 0 Å². The monoisotopic (exact) mass is 278 g/mol. The molecule has 108 valence electrons. The van der Waals surface area contributed by atoms with E-state index in [2.05, 4.69) is 49.4 Å². The summed E-state index contributed by atoms with van der Waals surface area (Å²) >= 11 is 0. The van der Waals surface area contributed by atoms with E-state index in [0.717, 1.165) is 25.7 Å². The van der Waals surface area contributed by atoms with E-state index in [0.29, 0.717) is 5.78 Å².